The largest absolute Gasteiger partial charge is 0.326 e. The van der Waals surface area contributed by atoms with Crippen molar-refractivity contribution in [3.63, 3.8) is 0 Å². The van der Waals surface area contributed by atoms with Gasteiger partial charge in [-0.1, -0.05) is 31.7 Å². The molecule has 0 saturated carbocycles. The highest BCUT2D eigenvalue weighted by Crippen LogP contribution is 2.23. The van der Waals surface area contributed by atoms with Crippen LogP contribution in [0.3, 0.4) is 0 Å². The predicted octanol–water partition coefficient (Wildman–Crippen LogP) is 4.49. The average Bonchev–Trinajstić information content (AvgIpc) is 3.31. The highest BCUT2D eigenvalue weighted by Gasteiger charge is 2.12. The Bertz CT molecular complexity index is 902. The first kappa shape index (κ1) is 19.3. The third-order valence-corrected chi connectivity index (χ3v) is 5.36. The van der Waals surface area contributed by atoms with Crippen LogP contribution < -0.4 is 5.32 Å². The Morgan fingerprint density at radius 2 is 2.00 bits per heavy atom. The summed E-state index contributed by atoms with van der Waals surface area (Å²) in [6.45, 7) is 3.99. The minimum atomic E-state index is -0.0224. The number of aromatic nitrogens is 3. The van der Waals surface area contributed by atoms with Crippen LogP contribution in [0.4, 0.5) is 5.69 Å². The monoisotopic (exact) mass is 400 g/mol. The van der Waals surface area contributed by atoms with Crippen LogP contribution in [0.2, 0.25) is 0 Å². The summed E-state index contributed by atoms with van der Waals surface area (Å²) in [4.78, 5) is 29.6. The first-order valence-corrected chi connectivity index (χ1v) is 10.4. The fourth-order valence-corrected chi connectivity index (χ4v) is 3.73. The molecule has 3 rings (SSSR count). The molecular weight excluding hydrogens is 380 g/mol. The van der Waals surface area contributed by atoms with E-state index in [0.717, 1.165) is 4.88 Å². The molecule has 6 nitrogen and oxygen atoms in total. The molecule has 0 atom stereocenters. The molecule has 0 fully saturated rings. The second-order valence-electron chi connectivity index (χ2n) is 6.38. The Labute approximate surface area is 165 Å². The number of nitrogens with one attached hydrogen (secondary N) is 2. The maximum absolute atomic E-state index is 12.4. The van der Waals surface area contributed by atoms with Crippen LogP contribution >= 0.6 is 23.1 Å². The van der Waals surface area contributed by atoms with Crippen molar-refractivity contribution in [2.24, 2.45) is 5.92 Å². The first-order valence-electron chi connectivity index (χ1n) is 8.53. The smallest absolute Gasteiger partial charge is 0.224 e. The highest BCUT2D eigenvalue weighted by molar-refractivity contribution is 7.99. The summed E-state index contributed by atoms with van der Waals surface area (Å²) in [5.74, 6) is 1.23. The van der Waals surface area contributed by atoms with Gasteiger partial charge in [0.25, 0.3) is 0 Å². The van der Waals surface area contributed by atoms with E-state index in [1.54, 1.807) is 35.6 Å². The zero-order chi connectivity index (χ0) is 19.2. The molecule has 3 aromatic rings. The van der Waals surface area contributed by atoms with Gasteiger partial charge in [0.1, 0.15) is 0 Å². The van der Waals surface area contributed by atoms with Crippen molar-refractivity contribution in [1.82, 2.24) is 15.2 Å². The molecule has 1 amide bonds. The lowest BCUT2D eigenvalue weighted by molar-refractivity contribution is -0.116. The molecule has 27 heavy (non-hydrogen) atoms. The normalized spacial score (nSPS) is 10.9. The number of rotatable bonds is 8. The number of Topliss-reactive ketones (excluding diaryl/α,β-unsaturated/α-hetero) is 1. The fourth-order valence-electron chi connectivity index (χ4n) is 2.37. The molecule has 140 valence electrons. The number of carbonyl (C=O) groups is 2. The van der Waals surface area contributed by atoms with E-state index >= 15 is 0 Å². The molecule has 8 heteroatoms. The molecule has 0 saturated heterocycles. The molecule has 0 unspecified atom stereocenters. The zero-order valence-electron chi connectivity index (χ0n) is 15.1. The van der Waals surface area contributed by atoms with Crippen molar-refractivity contribution in [2.75, 3.05) is 11.1 Å². The Balaban J connectivity index is 1.53. The number of hydrogen-bond acceptors (Lipinski definition) is 6. The fraction of sp³-hybridized carbons (Fsp3) is 0.263. The minimum absolute atomic E-state index is 0.0115. The number of thiophene rings is 1. The van der Waals surface area contributed by atoms with Crippen LogP contribution in [0, 0.1) is 5.92 Å². The lowest BCUT2D eigenvalue weighted by Crippen LogP contribution is -2.14. The molecule has 0 radical (unpaired) electrons. The van der Waals surface area contributed by atoms with E-state index in [0.29, 0.717) is 34.6 Å². The van der Waals surface area contributed by atoms with Gasteiger partial charge in [0.05, 0.1) is 10.6 Å². The van der Waals surface area contributed by atoms with Gasteiger partial charge in [-0.05, 0) is 41.6 Å². The third-order valence-electron chi connectivity index (χ3n) is 3.64. The van der Waals surface area contributed by atoms with Crippen molar-refractivity contribution in [2.45, 2.75) is 25.4 Å². The molecule has 0 aliphatic carbocycles. The van der Waals surface area contributed by atoms with Crippen molar-refractivity contribution >= 4 is 40.5 Å². The van der Waals surface area contributed by atoms with Gasteiger partial charge in [-0.15, -0.1) is 16.4 Å². The third kappa shape index (κ3) is 5.51. The molecule has 1 aromatic carbocycles. The van der Waals surface area contributed by atoms with Gasteiger partial charge in [-0.25, -0.2) is 4.98 Å². The van der Waals surface area contributed by atoms with Crippen LogP contribution in [0.1, 0.15) is 30.6 Å². The summed E-state index contributed by atoms with van der Waals surface area (Å²) in [7, 11) is 0. The minimum Gasteiger partial charge on any atom is -0.326 e. The van der Waals surface area contributed by atoms with E-state index in [1.807, 2.05) is 31.4 Å². The standard InChI is InChI=1S/C19H20N4O2S2/c1-12(2)10-17(25)20-14-7-5-13(6-8-14)15(24)11-27-19-21-18(22-23-19)16-4-3-9-26-16/h3-9,12H,10-11H2,1-2H3,(H,20,25)(H,21,22,23). The quantitative estimate of drug-likeness (QED) is 0.430. The van der Waals surface area contributed by atoms with Crippen molar-refractivity contribution in [3.05, 3.63) is 47.3 Å². The number of benzene rings is 1. The van der Waals surface area contributed by atoms with Crippen LogP contribution in [-0.2, 0) is 4.79 Å². The second kappa shape index (κ2) is 8.96. The summed E-state index contributed by atoms with van der Waals surface area (Å²) >= 11 is 2.87. The van der Waals surface area contributed by atoms with Crippen LogP contribution in [0.15, 0.2) is 46.9 Å². The maximum atomic E-state index is 12.4. The molecule has 0 aliphatic heterocycles. The van der Waals surface area contributed by atoms with Gasteiger partial charge in [-0.3, -0.25) is 14.7 Å². The van der Waals surface area contributed by atoms with Gasteiger partial charge < -0.3 is 5.32 Å². The number of anilines is 1. The van der Waals surface area contributed by atoms with Gasteiger partial charge >= 0.3 is 0 Å². The van der Waals surface area contributed by atoms with Crippen molar-refractivity contribution < 1.29 is 9.59 Å². The maximum Gasteiger partial charge on any atom is 0.224 e. The van der Waals surface area contributed by atoms with Crippen molar-refractivity contribution in [3.8, 4) is 10.7 Å². The Morgan fingerprint density at radius 3 is 2.67 bits per heavy atom. The van der Waals surface area contributed by atoms with E-state index in [1.165, 1.54) is 11.8 Å². The summed E-state index contributed by atoms with van der Waals surface area (Å²) < 4.78 is 0. The van der Waals surface area contributed by atoms with Gasteiger partial charge in [0.2, 0.25) is 11.1 Å². The average molecular weight is 401 g/mol. The molecule has 2 aromatic heterocycles. The lowest BCUT2D eigenvalue weighted by atomic mass is 10.1. The van der Waals surface area contributed by atoms with Crippen LogP contribution in [-0.4, -0.2) is 32.6 Å². The summed E-state index contributed by atoms with van der Waals surface area (Å²) in [6, 6.07) is 10.9. The number of thioether (sulfide) groups is 1. The summed E-state index contributed by atoms with van der Waals surface area (Å²) in [5, 5.41) is 12.4. The van der Waals surface area contributed by atoms with Crippen LogP contribution in [0.25, 0.3) is 10.7 Å². The number of carbonyl (C=O) groups excluding carboxylic acids is 2. The Morgan fingerprint density at radius 1 is 1.22 bits per heavy atom. The van der Waals surface area contributed by atoms with E-state index < -0.39 is 0 Å². The number of ketones is 1. The number of aromatic amines is 1. The van der Waals surface area contributed by atoms with E-state index in [4.69, 9.17) is 0 Å². The van der Waals surface area contributed by atoms with Gasteiger partial charge in [-0.2, -0.15) is 0 Å². The Hall–Kier alpha value is -2.45. The Kier molecular flexibility index (Phi) is 6.41. The number of H-pyrrole nitrogens is 1. The van der Waals surface area contributed by atoms with E-state index in [9.17, 15) is 9.59 Å². The molecule has 0 spiro atoms. The number of hydrogen-bond donors (Lipinski definition) is 2. The molecule has 0 aliphatic rings. The molecule has 2 heterocycles. The summed E-state index contributed by atoms with van der Waals surface area (Å²) in [5.41, 5.74) is 1.29. The van der Waals surface area contributed by atoms with Gasteiger partial charge in [0.15, 0.2) is 11.6 Å². The topological polar surface area (TPSA) is 87.7 Å². The molecular formula is C19H20N4O2S2. The summed E-state index contributed by atoms with van der Waals surface area (Å²) in [6.07, 6.45) is 0.474. The molecule has 0 bridgehead atoms. The van der Waals surface area contributed by atoms with E-state index in [2.05, 4.69) is 20.5 Å². The first-order chi connectivity index (χ1) is 13.0. The zero-order valence-corrected chi connectivity index (χ0v) is 16.7. The SMILES string of the molecule is CC(C)CC(=O)Nc1ccc(C(=O)CSc2n[nH]c(-c3cccs3)n2)cc1. The number of amides is 1. The highest BCUT2D eigenvalue weighted by atomic mass is 32.2. The van der Waals surface area contributed by atoms with Crippen molar-refractivity contribution in [1.29, 1.82) is 0 Å². The predicted molar refractivity (Wildman–Crippen MR) is 109 cm³/mol. The van der Waals surface area contributed by atoms with Gasteiger partial charge in [0, 0.05) is 17.7 Å². The number of nitrogens with zero attached hydrogens (tertiary/aromatic N) is 2. The second-order valence-corrected chi connectivity index (χ2v) is 8.27. The van der Waals surface area contributed by atoms with Crippen LogP contribution in [0.5, 0.6) is 0 Å². The van der Waals surface area contributed by atoms with E-state index in [-0.39, 0.29) is 17.4 Å². The molecule has 2 N–H and O–H groups in total. The lowest BCUT2D eigenvalue weighted by Gasteiger charge is -2.07.